The van der Waals surface area contributed by atoms with Gasteiger partial charge in [0.05, 0.1) is 22.9 Å². The minimum absolute atomic E-state index is 0.330. The zero-order valence-corrected chi connectivity index (χ0v) is 12.9. The van der Waals surface area contributed by atoms with E-state index in [0.717, 1.165) is 18.7 Å². The van der Waals surface area contributed by atoms with E-state index >= 15 is 0 Å². The lowest BCUT2D eigenvalue weighted by atomic mass is 10.1. The van der Waals surface area contributed by atoms with Crippen LogP contribution in [0, 0.1) is 5.92 Å². The molecule has 0 radical (unpaired) electrons. The lowest BCUT2D eigenvalue weighted by Gasteiger charge is -2.27. The molecule has 5 heteroatoms. The molecule has 0 aliphatic carbocycles. The van der Waals surface area contributed by atoms with Gasteiger partial charge in [0.2, 0.25) is 0 Å². The second kappa shape index (κ2) is 5.92. The van der Waals surface area contributed by atoms with Gasteiger partial charge in [0, 0.05) is 18.3 Å². The van der Waals surface area contributed by atoms with Crippen LogP contribution in [0.3, 0.4) is 0 Å². The second-order valence-electron chi connectivity index (χ2n) is 5.46. The molecule has 20 heavy (non-hydrogen) atoms. The SMILES string of the molecule is CCOC(=O)c1cc(N)cc(Cl)c1N1CC(C)CC1C. The molecule has 1 aliphatic rings. The number of benzene rings is 1. The van der Waals surface area contributed by atoms with Crippen molar-refractivity contribution in [1.29, 1.82) is 0 Å². The van der Waals surface area contributed by atoms with E-state index in [0.29, 0.717) is 34.8 Å². The van der Waals surface area contributed by atoms with Crippen molar-refractivity contribution in [2.45, 2.75) is 33.2 Å². The van der Waals surface area contributed by atoms with Crippen LogP contribution in [0.2, 0.25) is 5.02 Å². The second-order valence-corrected chi connectivity index (χ2v) is 5.87. The molecule has 1 saturated heterocycles. The summed E-state index contributed by atoms with van der Waals surface area (Å²) >= 11 is 6.34. The first-order chi connectivity index (χ1) is 9.43. The highest BCUT2D eigenvalue weighted by atomic mass is 35.5. The third-order valence-electron chi connectivity index (χ3n) is 3.65. The third-order valence-corrected chi connectivity index (χ3v) is 3.94. The maximum absolute atomic E-state index is 12.2. The first kappa shape index (κ1) is 15.0. The molecule has 1 heterocycles. The summed E-state index contributed by atoms with van der Waals surface area (Å²) in [6.45, 7) is 7.34. The van der Waals surface area contributed by atoms with E-state index in [2.05, 4.69) is 18.7 Å². The molecule has 2 N–H and O–H groups in total. The van der Waals surface area contributed by atoms with Gasteiger partial charge in [-0.05, 0) is 38.3 Å². The van der Waals surface area contributed by atoms with Crippen LogP contribution >= 0.6 is 11.6 Å². The van der Waals surface area contributed by atoms with Gasteiger partial charge in [-0.1, -0.05) is 18.5 Å². The van der Waals surface area contributed by atoms with E-state index in [1.54, 1.807) is 19.1 Å². The number of nitrogens with zero attached hydrogens (tertiary/aromatic N) is 1. The molecule has 2 atom stereocenters. The zero-order valence-electron chi connectivity index (χ0n) is 12.1. The molecular formula is C15H21ClN2O2. The number of anilines is 2. The molecule has 0 saturated carbocycles. The van der Waals surface area contributed by atoms with Crippen molar-refractivity contribution in [2.75, 3.05) is 23.8 Å². The van der Waals surface area contributed by atoms with Crippen molar-refractivity contribution in [3.8, 4) is 0 Å². The average Bonchev–Trinajstić information content (AvgIpc) is 2.67. The summed E-state index contributed by atoms with van der Waals surface area (Å²) in [6.07, 6.45) is 1.09. The topological polar surface area (TPSA) is 55.6 Å². The Kier molecular flexibility index (Phi) is 4.43. The smallest absolute Gasteiger partial charge is 0.340 e. The summed E-state index contributed by atoms with van der Waals surface area (Å²) in [7, 11) is 0. The van der Waals surface area contributed by atoms with Crippen molar-refractivity contribution in [2.24, 2.45) is 5.92 Å². The molecular weight excluding hydrogens is 276 g/mol. The lowest BCUT2D eigenvalue weighted by molar-refractivity contribution is 0.0527. The summed E-state index contributed by atoms with van der Waals surface area (Å²) in [5.74, 6) is 0.206. The Morgan fingerprint density at radius 3 is 2.75 bits per heavy atom. The number of esters is 1. The van der Waals surface area contributed by atoms with Gasteiger partial charge in [0.15, 0.2) is 0 Å². The largest absolute Gasteiger partial charge is 0.462 e. The van der Waals surface area contributed by atoms with Crippen LogP contribution < -0.4 is 10.6 Å². The summed E-state index contributed by atoms with van der Waals surface area (Å²) in [6, 6.07) is 3.68. The highest BCUT2D eigenvalue weighted by Gasteiger charge is 2.31. The van der Waals surface area contributed by atoms with Gasteiger partial charge >= 0.3 is 5.97 Å². The predicted octanol–water partition coefficient (Wildman–Crippen LogP) is 3.33. The highest BCUT2D eigenvalue weighted by Crippen LogP contribution is 2.38. The average molecular weight is 297 g/mol. The molecule has 110 valence electrons. The standard InChI is InChI=1S/C15H21ClN2O2/c1-4-20-15(19)12-6-11(17)7-13(16)14(12)18-8-9(2)5-10(18)3/h6-7,9-10H,4-5,8,17H2,1-3H3. The minimum Gasteiger partial charge on any atom is -0.462 e. The Balaban J connectivity index is 2.48. The van der Waals surface area contributed by atoms with Crippen molar-refractivity contribution in [3.63, 3.8) is 0 Å². The fraction of sp³-hybridized carbons (Fsp3) is 0.533. The summed E-state index contributed by atoms with van der Waals surface area (Å²) in [5.41, 5.74) is 7.49. The van der Waals surface area contributed by atoms with Gasteiger partial charge in [0.1, 0.15) is 0 Å². The first-order valence-corrected chi connectivity index (χ1v) is 7.34. The fourth-order valence-electron chi connectivity index (χ4n) is 2.89. The van der Waals surface area contributed by atoms with E-state index in [1.807, 2.05) is 0 Å². The summed E-state index contributed by atoms with van der Waals surface area (Å²) in [5, 5.41) is 0.508. The van der Waals surface area contributed by atoms with Gasteiger partial charge in [0.25, 0.3) is 0 Å². The lowest BCUT2D eigenvalue weighted by Crippen LogP contribution is -2.29. The van der Waals surface area contributed by atoms with Gasteiger partial charge in [-0.15, -0.1) is 0 Å². The normalized spacial score (nSPS) is 22.1. The maximum Gasteiger partial charge on any atom is 0.340 e. The van der Waals surface area contributed by atoms with Gasteiger partial charge in [-0.2, -0.15) is 0 Å². The number of halogens is 1. The summed E-state index contributed by atoms with van der Waals surface area (Å²) < 4.78 is 5.12. The number of rotatable bonds is 3. The van der Waals surface area contributed by atoms with Gasteiger partial charge in [-0.25, -0.2) is 4.79 Å². The molecule has 0 spiro atoms. The first-order valence-electron chi connectivity index (χ1n) is 6.96. The van der Waals surface area contributed by atoms with E-state index in [-0.39, 0.29) is 5.97 Å². The van der Waals surface area contributed by atoms with E-state index in [9.17, 15) is 4.79 Å². The molecule has 2 rings (SSSR count). The summed E-state index contributed by atoms with van der Waals surface area (Å²) in [4.78, 5) is 14.3. The van der Waals surface area contributed by atoms with Crippen LogP contribution in [0.4, 0.5) is 11.4 Å². The minimum atomic E-state index is -0.372. The molecule has 1 fully saturated rings. The van der Waals surface area contributed by atoms with Crippen molar-refractivity contribution in [3.05, 3.63) is 22.7 Å². The Morgan fingerprint density at radius 2 is 2.20 bits per heavy atom. The number of carbonyl (C=O) groups excluding carboxylic acids is 1. The molecule has 0 amide bonds. The van der Waals surface area contributed by atoms with Crippen molar-refractivity contribution >= 4 is 28.9 Å². The Morgan fingerprint density at radius 1 is 1.50 bits per heavy atom. The molecule has 1 aromatic rings. The van der Waals surface area contributed by atoms with Gasteiger partial charge in [-0.3, -0.25) is 0 Å². The molecule has 1 aliphatic heterocycles. The maximum atomic E-state index is 12.2. The van der Waals surface area contributed by atoms with Crippen LogP contribution in [-0.4, -0.2) is 25.2 Å². The van der Waals surface area contributed by atoms with E-state index < -0.39 is 0 Å². The van der Waals surface area contributed by atoms with E-state index in [1.165, 1.54) is 0 Å². The predicted molar refractivity (Wildman–Crippen MR) is 82.4 cm³/mol. The Labute approximate surface area is 124 Å². The number of nitrogens with two attached hydrogens (primary N) is 1. The highest BCUT2D eigenvalue weighted by molar-refractivity contribution is 6.34. The molecule has 0 aromatic heterocycles. The number of hydrogen-bond donors (Lipinski definition) is 1. The molecule has 4 nitrogen and oxygen atoms in total. The monoisotopic (exact) mass is 296 g/mol. The van der Waals surface area contributed by atoms with Crippen LogP contribution in [0.25, 0.3) is 0 Å². The zero-order chi connectivity index (χ0) is 14.9. The number of ether oxygens (including phenoxy) is 1. The van der Waals surface area contributed by atoms with Crippen LogP contribution in [0.1, 0.15) is 37.6 Å². The fourth-order valence-corrected chi connectivity index (χ4v) is 3.22. The third kappa shape index (κ3) is 2.85. The van der Waals surface area contributed by atoms with Crippen LogP contribution in [-0.2, 0) is 4.74 Å². The molecule has 1 aromatic carbocycles. The van der Waals surface area contributed by atoms with Crippen molar-refractivity contribution < 1.29 is 9.53 Å². The Bertz CT molecular complexity index is 519. The molecule has 2 unspecified atom stereocenters. The quantitative estimate of drug-likeness (QED) is 0.686. The van der Waals surface area contributed by atoms with Crippen molar-refractivity contribution in [1.82, 2.24) is 0 Å². The Hall–Kier alpha value is -1.42. The number of hydrogen-bond acceptors (Lipinski definition) is 4. The van der Waals surface area contributed by atoms with Crippen LogP contribution in [0.5, 0.6) is 0 Å². The van der Waals surface area contributed by atoms with Crippen LogP contribution in [0.15, 0.2) is 12.1 Å². The number of carbonyl (C=O) groups is 1. The van der Waals surface area contributed by atoms with E-state index in [4.69, 9.17) is 22.1 Å². The molecule has 0 bridgehead atoms. The van der Waals surface area contributed by atoms with Gasteiger partial charge < -0.3 is 15.4 Å². The number of nitrogen functional groups attached to an aromatic ring is 1.